The molecule has 0 aromatic heterocycles. The van der Waals surface area contributed by atoms with Crippen LogP contribution < -0.4 is 0 Å². The maximum Gasteiger partial charge on any atom is 0.336 e. The molecule has 0 amide bonds. The van der Waals surface area contributed by atoms with E-state index in [0.717, 1.165) is 25.9 Å². The number of rotatable bonds is 6. The van der Waals surface area contributed by atoms with Crippen molar-refractivity contribution in [3.63, 3.8) is 0 Å². The van der Waals surface area contributed by atoms with Gasteiger partial charge in [-0.15, -0.1) is 0 Å². The van der Waals surface area contributed by atoms with Crippen molar-refractivity contribution < 1.29 is 24.2 Å². The maximum atomic E-state index is 12.0. The van der Waals surface area contributed by atoms with E-state index in [4.69, 9.17) is 14.6 Å². The van der Waals surface area contributed by atoms with E-state index in [2.05, 4.69) is 4.90 Å². The summed E-state index contributed by atoms with van der Waals surface area (Å²) in [6.07, 6.45) is 4.88. The van der Waals surface area contributed by atoms with Crippen molar-refractivity contribution in [1.29, 1.82) is 0 Å². The van der Waals surface area contributed by atoms with Gasteiger partial charge in [-0.3, -0.25) is 4.90 Å². The Balaban J connectivity index is 1.95. The normalized spacial score (nSPS) is 27.9. The van der Waals surface area contributed by atoms with Gasteiger partial charge in [0.05, 0.1) is 24.8 Å². The lowest BCUT2D eigenvalue weighted by atomic mass is 9.97. The monoisotopic (exact) mass is 337 g/mol. The van der Waals surface area contributed by atoms with Gasteiger partial charge in [0.25, 0.3) is 0 Å². The van der Waals surface area contributed by atoms with Gasteiger partial charge in [0.15, 0.2) is 0 Å². The smallest absolute Gasteiger partial charge is 0.336 e. The minimum atomic E-state index is -0.477. The van der Waals surface area contributed by atoms with Crippen molar-refractivity contribution in [3.05, 3.63) is 23.3 Å². The zero-order valence-electron chi connectivity index (χ0n) is 14.7. The van der Waals surface area contributed by atoms with Crippen molar-refractivity contribution >= 4 is 11.9 Å². The predicted molar refractivity (Wildman–Crippen MR) is 89.2 cm³/mol. The topological polar surface area (TPSA) is 76.1 Å². The molecule has 2 aliphatic rings. The Labute approximate surface area is 143 Å². The molecule has 0 aromatic rings. The number of aliphatic hydroxyl groups is 1. The maximum absolute atomic E-state index is 12.0. The van der Waals surface area contributed by atoms with E-state index in [1.54, 1.807) is 26.0 Å². The molecule has 3 atom stereocenters. The number of hydrogen-bond donors (Lipinski definition) is 1. The lowest BCUT2D eigenvalue weighted by Crippen LogP contribution is -2.38. The van der Waals surface area contributed by atoms with Crippen LogP contribution in [0.25, 0.3) is 0 Å². The molecule has 2 aliphatic heterocycles. The number of esters is 2. The van der Waals surface area contributed by atoms with Crippen LogP contribution in [-0.4, -0.2) is 60.4 Å². The van der Waals surface area contributed by atoms with Crippen LogP contribution in [0.1, 0.15) is 33.6 Å². The third kappa shape index (κ3) is 4.05. The molecule has 24 heavy (non-hydrogen) atoms. The minimum Gasteiger partial charge on any atom is -0.462 e. The lowest BCUT2D eigenvalue weighted by molar-refractivity contribution is -0.148. The van der Waals surface area contributed by atoms with E-state index in [0.29, 0.717) is 5.57 Å². The Kier molecular flexibility index (Phi) is 6.57. The first-order chi connectivity index (χ1) is 11.5. The van der Waals surface area contributed by atoms with E-state index in [-0.39, 0.29) is 42.8 Å². The predicted octanol–water partition coefficient (Wildman–Crippen LogP) is 1.44. The van der Waals surface area contributed by atoms with Gasteiger partial charge in [0.2, 0.25) is 0 Å². The summed E-state index contributed by atoms with van der Waals surface area (Å²) >= 11 is 0. The van der Waals surface area contributed by atoms with Gasteiger partial charge in [0.1, 0.15) is 6.10 Å². The summed E-state index contributed by atoms with van der Waals surface area (Å²) in [7, 11) is 0. The zero-order chi connectivity index (χ0) is 17.7. The number of hydrogen-bond acceptors (Lipinski definition) is 6. The Morgan fingerprint density at radius 3 is 2.50 bits per heavy atom. The van der Waals surface area contributed by atoms with Crippen molar-refractivity contribution in [2.75, 3.05) is 26.3 Å². The summed E-state index contributed by atoms with van der Waals surface area (Å²) in [5, 5.41) is 9.12. The fourth-order valence-electron chi connectivity index (χ4n) is 3.42. The highest BCUT2D eigenvalue weighted by atomic mass is 16.5. The molecule has 134 valence electrons. The third-order valence-corrected chi connectivity index (χ3v) is 5.00. The first-order valence-electron chi connectivity index (χ1n) is 8.52. The first-order valence-corrected chi connectivity index (χ1v) is 8.52. The number of allylic oxidation sites excluding steroid dienone is 2. The van der Waals surface area contributed by atoms with Gasteiger partial charge in [0, 0.05) is 18.0 Å². The van der Waals surface area contributed by atoms with E-state index < -0.39 is 5.97 Å². The van der Waals surface area contributed by atoms with Gasteiger partial charge in [-0.2, -0.15) is 0 Å². The van der Waals surface area contributed by atoms with Gasteiger partial charge in [-0.1, -0.05) is 12.2 Å². The average Bonchev–Trinajstić information content (AvgIpc) is 3.16. The van der Waals surface area contributed by atoms with Gasteiger partial charge in [-0.25, -0.2) is 9.59 Å². The Hall–Kier alpha value is -1.66. The largest absolute Gasteiger partial charge is 0.462 e. The van der Waals surface area contributed by atoms with Crippen LogP contribution in [0.2, 0.25) is 0 Å². The first kappa shape index (κ1) is 18.7. The van der Waals surface area contributed by atoms with Crippen LogP contribution in [-0.2, 0) is 19.1 Å². The SMILES string of the molecule is CC=C(C)C(=O)O[C@@H]1CCN2CC[C@H](COC(=O)C(=CC)CO)C12. The van der Waals surface area contributed by atoms with E-state index in [9.17, 15) is 9.59 Å². The third-order valence-electron chi connectivity index (χ3n) is 5.00. The number of fused-ring (bicyclic) bond motifs is 1. The zero-order valence-corrected chi connectivity index (χ0v) is 14.7. The summed E-state index contributed by atoms with van der Waals surface area (Å²) < 4.78 is 11.0. The fourth-order valence-corrected chi connectivity index (χ4v) is 3.42. The number of ether oxygens (including phenoxy) is 2. The highest BCUT2D eigenvalue weighted by Crippen LogP contribution is 2.35. The minimum absolute atomic E-state index is 0.106. The second-order valence-corrected chi connectivity index (χ2v) is 6.35. The second-order valence-electron chi connectivity index (χ2n) is 6.35. The van der Waals surface area contributed by atoms with Gasteiger partial charge in [-0.05, 0) is 40.2 Å². The van der Waals surface area contributed by atoms with E-state index >= 15 is 0 Å². The highest BCUT2D eigenvalue weighted by Gasteiger charge is 2.46. The van der Waals surface area contributed by atoms with Gasteiger partial charge < -0.3 is 14.6 Å². The average molecular weight is 337 g/mol. The second kappa shape index (κ2) is 8.44. The molecule has 2 fully saturated rings. The molecule has 6 nitrogen and oxygen atoms in total. The molecule has 0 aromatic carbocycles. The number of carbonyl (C=O) groups excluding carboxylic acids is 2. The van der Waals surface area contributed by atoms with E-state index in [1.165, 1.54) is 0 Å². The Morgan fingerprint density at radius 2 is 1.88 bits per heavy atom. The summed E-state index contributed by atoms with van der Waals surface area (Å²) in [5.74, 6) is -0.602. The van der Waals surface area contributed by atoms with Crippen molar-refractivity contribution in [2.45, 2.75) is 45.8 Å². The van der Waals surface area contributed by atoms with Crippen LogP contribution in [0.15, 0.2) is 23.3 Å². The molecule has 0 radical (unpaired) electrons. The molecule has 0 bridgehead atoms. The van der Waals surface area contributed by atoms with Crippen LogP contribution in [0, 0.1) is 5.92 Å². The molecule has 1 unspecified atom stereocenters. The molecule has 1 N–H and O–H groups in total. The molecule has 2 rings (SSSR count). The lowest BCUT2D eigenvalue weighted by Gasteiger charge is -2.26. The van der Waals surface area contributed by atoms with Gasteiger partial charge >= 0.3 is 11.9 Å². The standard InChI is InChI=1S/C18H27NO5/c1-4-12(3)17(21)24-15-7-9-19-8-6-14(16(15)19)11-23-18(22)13(5-2)10-20/h4-5,14-16,20H,6-11H2,1-3H3/t14-,15-,16?/m1/s1. The molecule has 0 aliphatic carbocycles. The van der Waals surface area contributed by atoms with Crippen LogP contribution in [0.5, 0.6) is 0 Å². The highest BCUT2D eigenvalue weighted by molar-refractivity contribution is 5.88. The Morgan fingerprint density at radius 1 is 1.17 bits per heavy atom. The molecule has 2 heterocycles. The number of aliphatic hydroxyl groups excluding tert-OH is 1. The fraction of sp³-hybridized carbons (Fsp3) is 0.667. The Bertz CT molecular complexity index is 540. The van der Waals surface area contributed by atoms with Crippen LogP contribution in [0.4, 0.5) is 0 Å². The molecule has 0 saturated carbocycles. The van der Waals surface area contributed by atoms with E-state index in [1.807, 2.05) is 6.92 Å². The summed E-state index contributed by atoms with van der Waals surface area (Å²) in [4.78, 5) is 26.2. The summed E-state index contributed by atoms with van der Waals surface area (Å²) in [6.45, 7) is 7.05. The van der Waals surface area contributed by atoms with Crippen LogP contribution in [0.3, 0.4) is 0 Å². The van der Waals surface area contributed by atoms with Crippen LogP contribution >= 0.6 is 0 Å². The molecule has 6 heteroatoms. The van der Waals surface area contributed by atoms with Crippen molar-refractivity contribution in [2.24, 2.45) is 5.92 Å². The molecule has 2 saturated heterocycles. The number of nitrogens with zero attached hydrogens (tertiary/aromatic N) is 1. The quantitative estimate of drug-likeness (QED) is 0.584. The number of carbonyl (C=O) groups is 2. The van der Waals surface area contributed by atoms with Crippen molar-refractivity contribution in [3.8, 4) is 0 Å². The molecular formula is C18H27NO5. The van der Waals surface area contributed by atoms with Crippen molar-refractivity contribution in [1.82, 2.24) is 4.90 Å². The summed E-state index contributed by atoms with van der Waals surface area (Å²) in [5.41, 5.74) is 0.873. The molecule has 0 spiro atoms. The molecular weight excluding hydrogens is 310 g/mol. The summed E-state index contributed by atoms with van der Waals surface area (Å²) in [6, 6.07) is 0.106.